The second-order valence-electron chi connectivity index (χ2n) is 6.02. The first-order valence-corrected chi connectivity index (χ1v) is 9.09. The Bertz CT molecular complexity index is 700. The maximum atomic E-state index is 12.3. The highest BCUT2D eigenvalue weighted by Gasteiger charge is 2.22. The van der Waals surface area contributed by atoms with E-state index in [0.29, 0.717) is 11.4 Å². The summed E-state index contributed by atoms with van der Waals surface area (Å²) in [6.45, 7) is 2.03. The lowest BCUT2D eigenvalue weighted by atomic mass is 9.99. The minimum atomic E-state index is -0.805. The van der Waals surface area contributed by atoms with Crippen LogP contribution >= 0.6 is 11.3 Å². The number of carbonyl (C=O) groups excluding carboxylic acids is 2. The molecule has 0 saturated carbocycles. The van der Waals surface area contributed by atoms with Crippen LogP contribution in [-0.4, -0.2) is 18.0 Å². The van der Waals surface area contributed by atoms with Crippen molar-refractivity contribution in [3.63, 3.8) is 0 Å². The molecule has 1 N–H and O–H groups in total. The van der Waals surface area contributed by atoms with Crippen molar-refractivity contribution in [2.24, 2.45) is 0 Å². The molecule has 3 rings (SSSR count). The molecule has 1 aliphatic carbocycles. The highest BCUT2D eigenvalue weighted by molar-refractivity contribution is 7.14. The summed E-state index contributed by atoms with van der Waals surface area (Å²) in [6, 6.07) is 11.6. The van der Waals surface area contributed by atoms with Crippen molar-refractivity contribution in [3.05, 3.63) is 57.3 Å². The average Bonchev–Trinajstić information content (AvgIpc) is 3.04. The molecule has 1 atom stereocenters. The summed E-state index contributed by atoms with van der Waals surface area (Å²) >= 11 is 1.50. The predicted molar refractivity (Wildman–Crippen MR) is 94.1 cm³/mol. The Balaban J connectivity index is 1.53. The summed E-state index contributed by atoms with van der Waals surface area (Å²) in [4.78, 5) is 26.2. The smallest absolute Gasteiger partial charge is 0.349 e. The molecule has 0 aliphatic heterocycles. The van der Waals surface area contributed by atoms with Gasteiger partial charge in [-0.1, -0.05) is 30.3 Å². The normalized spacial score (nSPS) is 14.5. The molecule has 24 heavy (non-hydrogen) atoms. The van der Waals surface area contributed by atoms with Crippen molar-refractivity contribution >= 4 is 23.2 Å². The van der Waals surface area contributed by atoms with Crippen LogP contribution in [0.4, 0.5) is 0 Å². The summed E-state index contributed by atoms with van der Waals surface area (Å²) in [5, 5.41) is 2.79. The highest BCUT2D eigenvalue weighted by Crippen LogP contribution is 2.30. The zero-order valence-electron chi connectivity index (χ0n) is 13.7. The quantitative estimate of drug-likeness (QED) is 0.846. The molecule has 0 fully saturated rings. The van der Waals surface area contributed by atoms with Gasteiger partial charge in [0, 0.05) is 11.4 Å². The number of amides is 1. The average molecular weight is 343 g/mol. The number of carbonyl (C=O) groups is 2. The van der Waals surface area contributed by atoms with E-state index in [1.54, 1.807) is 6.92 Å². The maximum absolute atomic E-state index is 12.3. The Labute approximate surface area is 145 Å². The lowest BCUT2D eigenvalue weighted by molar-refractivity contribution is -0.129. The van der Waals surface area contributed by atoms with Gasteiger partial charge in [-0.2, -0.15) is 0 Å². The second kappa shape index (κ2) is 7.62. The van der Waals surface area contributed by atoms with Crippen molar-refractivity contribution in [1.29, 1.82) is 0 Å². The number of nitrogens with one attached hydrogen (secondary N) is 1. The first kappa shape index (κ1) is 16.7. The van der Waals surface area contributed by atoms with Crippen molar-refractivity contribution in [3.8, 4) is 0 Å². The van der Waals surface area contributed by atoms with E-state index < -0.39 is 12.1 Å². The van der Waals surface area contributed by atoms with Crippen molar-refractivity contribution in [2.45, 2.75) is 45.3 Å². The standard InChI is InChI=1S/C19H21NO3S/c1-13(18(21)20-12-14-7-3-2-4-8-14)23-19(22)17-11-15-9-5-6-10-16(15)24-17/h2-4,7-8,11,13H,5-6,9-10,12H2,1H3,(H,20,21)/t13-/m1/s1. The topological polar surface area (TPSA) is 55.4 Å². The van der Waals surface area contributed by atoms with Gasteiger partial charge in [-0.3, -0.25) is 4.79 Å². The SMILES string of the molecule is C[C@@H](OC(=O)c1cc2c(s1)CCCC2)C(=O)NCc1ccccc1. The van der Waals surface area contributed by atoms with Gasteiger partial charge in [0.15, 0.2) is 6.10 Å². The number of thiophene rings is 1. The summed E-state index contributed by atoms with van der Waals surface area (Å²) < 4.78 is 5.32. The van der Waals surface area contributed by atoms with E-state index in [9.17, 15) is 9.59 Å². The third-order valence-electron chi connectivity index (χ3n) is 4.16. The van der Waals surface area contributed by atoms with Crippen LogP contribution in [0.5, 0.6) is 0 Å². The molecule has 0 unspecified atom stereocenters. The Morgan fingerprint density at radius 3 is 2.71 bits per heavy atom. The first-order chi connectivity index (χ1) is 11.6. The van der Waals surface area contributed by atoms with Crippen molar-refractivity contribution in [2.75, 3.05) is 0 Å². The van der Waals surface area contributed by atoms with E-state index in [2.05, 4.69) is 5.32 Å². The minimum Gasteiger partial charge on any atom is -0.448 e. The minimum absolute atomic E-state index is 0.284. The number of aryl methyl sites for hydroxylation is 2. The number of fused-ring (bicyclic) bond motifs is 1. The van der Waals surface area contributed by atoms with Crippen LogP contribution in [0.15, 0.2) is 36.4 Å². The molecule has 5 heteroatoms. The van der Waals surface area contributed by atoms with Crippen LogP contribution in [0.2, 0.25) is 0 Å². The predicted octanol–water partition coefficient (Wildman–Crippen LogP) is 3.49. The molecule has 4 nitrogen and oxygen atoms in total. The monoisotopic (exact) mass is 343 g/mol. The fourth-order valence-electron chi connectivity index (χ4n) is 2.79. The maximum Gasteiger partial charge on any atom is 0.349 e. The number of hydrogen-bond acceptors (Lipinski definition) is 4. The molecule has 1 heterocycles. The molecule has 1 amide bonds. The van der Waals surface area contributed by atoms with Crippen LogP contribution in [0.25, 0.3) is 0 Å². The number of esters is 1. The largest absolute Gasteiger partial charge is 0.448 e. The third-order valence-corrected chi connectivity index (χ3v) is 5.38. The lowest BCUT2D eigenvalue weighted by Crippen LogP contribution is -2.35. The van der Waals surface area contributed by atoms with Gasteiger partial charge in [0.05, 0.1) is 0 Å². The van der Waals surface area contributed by atoms with Crippen LogP contribution in [0.1, 0.15) is 45.4 Å². The zero-order valence-corrected chi connectivity index (χ0v) is 14.5. The molecule has 1 aromatic heterocycles. The van der Waals surface area contributed by atoms with Crippen LogP contribution in [0, 0.1) is 0 Å². The molecule has 0 radical (unpaired) electrons. The van der Waals surface area contributed by atoms with Crippen molar-refractivity contribution in [1.82, 2.24) is 5.32 Å². The molecule has 1 aliphatic rings. The van der Waals surface area contributed by atoms with Crippen LogP contribution in [-0.2, 0) is 28.9 Å². The second-order valence-corrected chi connectivity index (χ2v) is 7.15. The summed E-state index contributed by atoms with van der Waals surface area (Å²) in [7, 11) is 0. The molecule has 1 aromatic carbocycles. The van der Waals surface area contributed by atoms with E-state index in [0.717, 1.165) is 18.4 Å². The van der Waals surface area contributed by atoms with Gasteiger partial charge in [0.2, 0.25) is 0 Å². The molecule has 0 bridgehead atoms. The van der Waals surface area contributed by atoms with Crippen LogP contribution in [0.3, 0.4) is 0 Å². The molecular formula is C19H21NO3S. The van der Waals surface area contributed by atoms with Crippen LogP contribution < -0.4 is 5.32 Å². The van der Waals surface area contributed by atoms with Gasteiger partial charge in [0.1, 0.15) is 4.88 Å². The first-order valence-electron chi connectivity index (χ1n) is 8.27. The number of ether oxygens (including phenoxy) is 1. The van der Waals surface area contributed by atoms with Crippen molar-refractivity contribution < 1.29 is 14.3 Å². The number of hydrogen-bond donors (Lipinski definition) is 1. The van der Waals surface area contributed by atoms with E-state index in [1.165, 1.54) is 34.6 Å². The highest BCUT2D eigenvalue weighted by atomic mass is 32.1. The molecular weight excluding hydrogens is 322 g/mol. The van der Waals surface area contributed by atoms with Gasteiger partial charge in [-0.25, -0.2) is 4.79 Å². The van der Waals surface area contributed by atoms with E-state index in [4.69, 9.17) is 4.74 Å². The fraction of sp³-hybridized carbons (Fsp3) is 0.368. The van der Waals surface area contributed by atoms with Gasteiger partial charge >= 0.3 is 5.97 Å². The summed E-state index contributed by atoms with van der Waals surface area (Å²) in [5.41, 5.74) is 2.27. The molecule has 126 valence electrons. The zero-order chi connectivity index (χ0) is 16.9. The van der Waals surface area contributed by atoms with E-state index in [-0.39, 0.29) is 5.91 Å². The van der Waals surface area contributed by atoms with Gasteiger partial charge in [-0.05, 0) is 49.8 Å². The lowest BCUT2D eigenvalue weighted by Gasteiger charge is -2.13. The fourth-order valence-corrected chi connectivity index (χ4v) is 3.93. The Morgan fingerprint density at radius 2 is 1.96 bits per heavy atom. The molecule has 2 aromatic rings. The Hall–Kier alpha value is -2.14. The summed E-state index contributed by atoms with van der Waals surface area (Å²) in [5.74, 6) is -0.690. The van der Waals surface area contributed by atoms with Gasteiger partial charge in [0.25, 0.3) is 5.91 Å². The molecule has 0 spiro atoms. The summed E-state index contributed by atoms with van der Waals surface area (Å²) in [6.07, 6.45) is 3.63. The van der Waals surface area contributed by atoms with E-state index in [1.807, 2.05) is 36.4 Å². The van der Waals surface area contributed by atoms with Gasteiger partial charge in [-0.15, -0.1) is 11.3 Å². The van der Waals surface area contributed by atoms with E-state index >= 15 is 0 Å². The van der Waals surface area contributed by atoms with Gasteiger partial charge < -0.3 is 10.1 Å². The number of rotatable bonds is 5. The number of benzene rings is 1. The molecule has 0 saturated heterocycles. The Kier molecular flexibility index (Phi) is 5.30. The third kappa shape index (κ3) is 4.03. The Morgan fingerprint density at radius 1 is 1.21 bits per heavy atom.